The third-order valence-electron chi connectivity index (χ3n) is 4.76. The van der Waals surface area contributed by atoms with Crippen molar-refractivity contribution < 1.29 is 10.2 Å². The Kier molecular flexibility index (Phi) is 13.4. The van der Waals surface area contributed by atoms with Crippen molar-refractivity contribution in [3.05, 3.63) is 42.0 Å². The summed E-state index contributed by atoms with van der Waals surface area (Å²) in [4.78, 5) is 0. The average molecular weight is 359 g/mol. The Morgan fingerprint density at radius 2 is 1.27 bits per heavy atom. The predicted octanol–water partition coefficient (Wildman–Crippen LogP) is 7.76. The normalized spacial score (nSPS) is 11.7. The number of rotatable bonds is 15. The van der Waals surface area contributed by atoms with Gasteiger partial charge in [-0.1, -0.05) is 108 Å². The molecule has 0 aliphatic carbocycles. The average Bonchev–Trinajstić information content (AvgIpc) is 2.64. The molecule has 1 aromatic carbocycles. The molecule has 0 bridgehead atoms. The lowest BCUT2D eigenvalue weighted by atomic mass is 10.0. The highest BCUT2D eigenvalue weighted by molar-refractivity contribution is 5.56. The summed E-state index contributed by atoms with van der Waals surface area (Å²) in [5, 5.41) is 18.7. The van der Waals surface area contributed by atoms with Gasteiger partial charge >= 0.3 is 0 Å². The lowest BCUT2D eigenvalue weighted by Gasteiger charge is -2.02. The van der Waals surface area contributed by atoms with Crippen molar-refractivity contribution in [2.75, 3.05) is 0 Å². The highest BCUT2D eigenvalue weighted by atomic mass is 16.3. The topological polar surface area (TPSA) is 40.5 Å². The van der Waals surface area contributed by atoms with Crippen LogP contribution in [0.25, 0.3) is 6.08 Å². The van der Waals surface area contributed by atoms with E-state index in [1.54, 1.807) is 12.1 Å². The van der Waals surface area contributed by atoms with E-state index in [0.717, 1.165) is 12.0 Å². The molecule has 2 heteroatoms. The number of aromatic hydroxyl groups is 2. The molecule has 1 aromatic rings. The molecule has 0 saturated carbocycles. The SMILES string of the molecule is CCCCCCCCCCCCCCC=CC=Cc1ccc(O)c(O)c1. The van der Waals surface area contributed by atoms with E-state index in [4.69, 9.17) is 0 Å². The van der Waals surface area contributed by atoms with Crippen LogP contribution in [0.2, 0.25) is 0 Å². The molecule has 0 aliphatic rings. The highest BCUT2D eigenvalue weighted by Gasteiger charge is 1.97. The maximum atomic E-state index is 9.43. The Morgan fingerprint density at radius 1 is 0.692 bits per heavy atom. The van der Waals surface area contributed by atoms with E-state index in [1.165, 1.54) is 83.1 Å². The molecule has 0 aliphatic heterocycles. The first-order valence-corrected chi connectivity index (χ1v) is 10.6. The Hall–Kier alpha value is -1.70. The van der Waals surface area contributed by atoms with Gasteiger partial charge in [0.25, 0.3) is 0 Å². The Balaban J connectivity index is 1.91. The number of unbranched alkanes of at least 4 members (excludes halogenated alkanes) is 12. The number of benzene rings is 1. The molecule has 0 amide bonds. The van der Waals surface area contributed by atoms with Gasteiger partial charge in [-0.3, -0.25) is 0 Å². The van der Waals surface area contributed by atoms with Gasteiger partial charge in [0, 0.05) is 0 Å². The zero-order valence-corrected chi connectivity index (χ0v) is 16.6. The second-order valence-electron chi connectivity index (χ2n) is 7.21. The van der Waals surface area contributed by atoms with Gasteiger partial charge in [-0.15, -0.1) is 0 Å². The van der Waals surface area contributed by atoms with E-state index in [-0.39, 0.29) is 11.5 Å². The summed E-state index contributed by atoms with van der Waals surface area (Å²) in [6.07, 6.45) is 25.9. The smallest absolute Gasteiger partial charge is 0.157 e. The minimum atomic E-state index is -0.0790. The Morgan fingerprint density at radius 3 is 1.85 bits per heavy atom. The lowest BCUT2D eigenvalue weighted by molar-refractivity contribution is 0.403. The minimum absolute atomic E-state index is 0.0763. The molecule has 0 radical (unpaired) electrons. The van der Waals surface area contributed by atoms with Crippen molar-refractivity contribution in [3.63, 3.8) is 0 Å². The van der Waals surface area contributed by atoms with Crippen LogP contribution in [0, 0.1) is 0 Å². The molecule has 0 unspecified atom stereocenters. The van der Waals surface area contributed by atoms with E-state index in [1.807, 2.05) is 12.2 Å². The van der Waals surface area contributed by atoms with Crippen molar-refractivity contribution in [2.24, 2.45) is 0 Å². The Labute approximate surface area is 160 Å². The van der Waals surface area contributed by atoms with Gasteiger partial charge in [0.1, 0.15) is 0 Å². The summed E-state index contributed by atoms with van der Waals surface area (Å²) in [5.74, 6) is -0.155. The monoisotopic (exact) mass is 358 g/mol. The zero-order chi connectivity index (χ0) is 18.9. The molecule has 0 heterocycles. The van der Waals surface area contributed by atoms with Crippen LogP contribution in [0.4, 0.5) is 0 Å². The van der Waals surface area contributed by atoms with Crippen molar-refractivity contribution in [2.45, 2.75) is 90.4 Å². The number of phenolic OH excluding ortho intramolecular Hbond substituents is 2. The van der Waals surface area contributed by atoms with Gasteiger partial charge in [0.2, 0.25) is 0 Å². The van der Waals surface area contributed by atoms with Crippen LogP contribution in [0.15, 0.2) is 36.4 Å². The second kappa shape index (κ2) is 15.5. The lowest BCUT2D eigenvalue weighted by Crippen LogP contribution is -1.82. The molecular weight excluding hydrogens is 320 g/mol. The fraction of sp³-hybridized carbons (Fsp3) is 0.583. The molecule has 0 atom stereocenters. The summed E-state index contributed by atoms with van der Waals surface area (Å²) in [6, 6.07) is 4.85. The van der Waals surface area contributed by atoms with Gasteiger partial charge < -0.3 is 10.2 Å². The minimum Gasteiger partial charge on any atom is -0.504 e. The molecule has 0 fully saturated rings. The first-order chi connectivity index (χ1) is 12.7. The molecule has 0 aromatic heterocycles. The largest absolute Gasteiger partial charge is 0.504 e. The number of hydrogen-bond acceptors (Lipinski definition) is 2. The standard InChI is InChI=1S/C24H38O2/c1-2-3-4-5-6-7-8-9-10-11-12-13-14-15-16-17-18-22-19-20-23(25)24(26)21-22/h15-21,25-26H,2-14H2,1H3. The molecule has 26 heavy (non-hydrogen) atoms. The first-order valence-electron chi connectivity index (χ1n) is 10.6. The van der Waals surface area contributed by atoms with Crippen molar-refractivity contribution in [3.8, 4) is 11.5 Å². The zero-order valence-electron chi connectivity index (χ0n) is 16.6. The van der Waals surface area contributed by atoms with Gasteiger partial charge in [0.15, 0.2) is 11.5 Å². The summed E-state index contributed by atoms with van der Waals surface area (Å²) < 4.78 is 0. The van der Waals surface area contributed by atoms with Crippen LogP contribution < -0.4 is 0 Å². The van der Waals surface area contributed by atoms with Gasteiger partial charge in [-0.25, -0.2) is 0 Å². The third kappa shape index (κ3) is 11.8. The van der Waals surface area contributed by atoms with Crippen LogP contribution in [0.1, 0.15) is 96.0 Å². The summed E-state index contributed by atoms with van der Waals surface area (Å²) in [6.45, 7) is 2.27. The first kappa shape index (κ1) is 22.3. The number of allylic oxidation sites excluding steroid dienone is 3. The maximum Gasteiger partial charge on any atom is 0.157 e. The second-order valence-corrected chi connectivity index (χ2v) is 7.21. The number of phenols is 2. The van der Waals surface area contributed by atoms with Crippen LogP contribution in [0.5, 0.6) is 11.5 Å². The van der Waals surface area contributed by atoms with Crippen molar-refractivity contribution in [1.82, 2.24) is 0 Å². The van der Waals surface area contributed by atoms with Crippen molar-refractivity contribution in [1.29, 1.82) is 0 Å². The number of hydrogen-bond donors (Lipinski definition) is 2. The maximum absolute atomic E-state index is 9.43. The molecule has 0 spiro atoms. The van der Waals surface area contributed by atoms with E-state index < -0.39 is 0 Å². The van der Waals surface area contributed by atoms with E-state index >= 15 is 0 Å². The molecule has 2 nitrogen and oxygen atoms in total. The van der Waals surface area contributed by atoms with E-state index in [2.05, 4.69) is 19.1 Å². The quantitative estimate of drug-likeness (QED) is 0.191. The third-order valence-corrected chi connectivity index (χ3v) is 4.76. The molecule has 146 valence electrons. The fourth-order valence-corrected chi connectivity index (χ4v) is 3.09. The van der Waals surface area contributed by atoms with Crippen molar-refractivity contribution >= 4 is 6.08 Å². The van der Waals surface area contributed by atoms with Crippen LogP contribution in [-0.4, -0.2) is 10.2 Å². The van der Waals surface area contributed by atoms with Crippen LogP contribution in [0.3, 0.4) is 0 Å². The summed E-state index contributed by atoms with van der Waals surface area (Å²) in [5.41, 5.74) is 0.885. The van der Waals surface area contributed by atoms with Crippen LogP contribution in [-0.2, 0) is 0 Å². The molecular formula is C24H38O2. The predicted molar refractivity (Wildman–Crippen MR) is 114 cm³/mol. The van der Waals surface area contributed by atoms with Gasteiger partial charge in [0.05, 0.1) is 0 Å². The van der Waals surface area contributed by atoms with Gasteiger partial charge in [-0.05, 0) is 30.5 Å². The summed E-state index contributed by atoms with van der Waals surface area (Å²) >= 11 is 0. The van der Waals surface area contributed by atoms with E-state index in [0.29, 0.717) is 0 Å². The summed E-state index contributed by atoms with van der Waals surface area (Å²) in [7, 11) is 0. The molecule has 0 saturated heterocycles. The Bertz CT molecular complexity index is 517. The molecule has 1 rings (SSSR count). The van der Waals surface area contributed by atoms with E-state index in [9.17, 15) is 10.2 Å². The highest BCUT2D eigenvalue weighted by Crippen LogP contribution is 2.25. The molecule has 2 N–H and O–H groups in total. The van der Waals surface area contributed by atoms with Crippen LogP contribution >= 0.6 is 0 Å². The van der Waals surface area contributed by atoms with Gasteiger partial charge in [-0.2, -0.15) is 0 Å². The fourth-order valence-electron chi connectivity index (χ4n) is 3.09.